The Morgan fingerprint density at radius 1 is 1.29 bits per heavy atom. The first-order valence-corrected chi connectivity index (χ1v) is 8.43. The minimum absolute atomic E-state index is 0.206. The smallest absolute Gasteiger partial charge is 0.0850 e. The third-order valence-corrected chi connectivity index (χ3v) is 4.33. The Labute approximate surface area is 134 Å². The molecule has 1 rings (SSSR count). The summed E-state index contributed by atoms with van der Waals surface area (Å²) < 4.78 is 7.62. The molecule has 0 spiro atoms. The van der Waals surface area contributed by atoms with E-state index in [1.54, 1.807) is 7.11 Å². The van der Waals surface area contributed by atoms with Gasteiger partial charge in [-0.05, 0) is 25.8 Å². The maximum Gasteiger partial charge on any atom is 0.0850 e. The maximum atomic E-state index is 6.48. The van der Waals surface area contributed by atoms with Gasteiger partial charge in [0.25, 0.3) is 0 Å². The Hall–Kier alpha value is -0.580. The lowest BCUT2D eigenvalue weighted by Gasteiger charge is -2.27. The molecule has 122 valence electrons. The van der Waals surface area contributed by atoms with Gasteiger partial charge in [-0.1, -0.05) is 38.8 Å². The Bertz CT molecular complexity index is 420. The van der Waals surface area contributed by atoms with Crippen LogP contribution in [0.4, 0.5) is 0 Å². The summed E-state index contributed by atoms with van der Waals surface area (Å²) in [5.74, 6) is 0. The highest BCUT2D eigenvalue weighted by Gasteiger charge is 2.24. The second kappa shape index (κ2) is 9.44. The molecule has 21 heavy (non-hydrogen) atoms. The third kappa shape index (κ3) is 4.97. The zero-order valence-corrected chi connectivity index (χ0v) is 14.8. The number of halogens is 1. The van der Waals surface area contributed by atoms with Crippen molar-refractivity contribution < 1.29 is 4.74 Å². The summed E-state index contributed by atoms with van der Waals surface area (Å²) in [5, 5.41) is 8.93. The topological polar surface area (TPSA) is 39.1 Å². The van der Waals surface area contributed by atoms with Crippen LogP contribution in [0.5, 0.6) is 0 Å². The van der Waals surface area contributed by atoms with Gasteiger partial charge in [-0.3, -0.25) is 4.68 Å². The number of rotatable bonds is 10. The predicted molar refractivity (Wildman–Crippen MR) is 89.1 cm³/mol. The summed E-state index contributed by atoms with van der Waals surface area (Å²) in [5.41, 5.74) is 2.08. The Morgan fingerprint density at radius 2 is 2.00 bits per heavy atom. The van der Waals surface area contributed by atoms with Gasteiger partial charge in [-0.25, -0.2) is 0 Å². The Morgan fingerprint density at radius 3 is 2.48 bits per heavy atom. The molecule has 4 nitrogen and oxygen atoms in total. The van der Waals surface area contributed by atoms with Crippen LogP contribution >= 0.6 is 11.6 Å². The van der Waals surface area contributed by atoms with Crippen LogP contribution in [-0.4, -0.2) is 35.6 Å². The molecule has 2 unspecified atom stereocenters. The van der Waals surface area contributed by atoms with E-state index in [1.807, 2.05) is 11.7 Å². The molecular formula is C16H30ClN3O. The number of ether oxygens (including phenoxy) is 1. The van der Waals surface area contributed by atoms with E-state index in [0.717, 1.165) is 55.1 Å². The van der Waals surface area contributed by atoms with Crippen molar-refractivity contribution in [2.45, 2.75) is 65.0 Å². The van der Waals surface area contributed by atoms with E-state index >= 15 is 0 Å². The number of aromatic nitrogens is 2. The summed E-state index contributed by atoms with van der Waals surface area (Å²) in [7, 11) is 3.77. The first-order valence-electron chi connectivity index (χ1n) is 8.05. The van der Waals surface area contributed by atoms with Crippen molar-refractivity contribution in [1.82, 2.24) is 15.1 Å². The largest absolute Gasteiger partial charge is 0.380 e. The molecule has 1 aromatic heterocycles. The molecule has 0 aliphatic carbocycles. The summed E-state index contributed by atoms with van der Waals surface area (Å²) in [6, 6.07) is 0.271. The van der Waals surface area contributed by atoms with Crippen LogP contribution in [0.25, 0.3) is 0 Å². The molecule has 0 saturated heterocycles. The molecular weight excluding hydrogens is 286 g/mol. The van der Waals surface area contributed by atoms with Crippen molar-refractivity contribution in [3.63, 3.8) is 0 Å². The van der Waals surface area contributed by atoms with Crippen LogP contribution in [0.3, 0.4) is 0 Å². The first-order chi connectivity index (χ1) is 10.1. The van der Waals surface area contributed by atoms with Crippen LogP contribution in [0.2, 0.25) is 5.02 Å². The van der Waals surface area contributed by atoms with E-state index in [4.69, 9.17) is 16.3 Å². The van der Waals surface area contributed by atoms with Gasteiger partial charge in [0.1, 0.15) is 0 Å². The van der Waals surface area contributed by atoms with Gasteiger partial charge in [-0.2, -0.15) is 5.10 Å². The number of methoxy groups -OCH3 is 1. The molecule has 0 aliphatic heterocycles. The van der Waals surface area contributed by atoms with Gasteiger partial charge in [-0.15, -0.1) is 0 Å². The number of hydrogen-bond acceptors (Lipinski definition) is 3. The number of nitrogens with one attached hydrogen (secondary N) is 1. The van der Waals surface area contributed by atoms with Gasteiger partial charge < -0.3 is 10.1 Å². The lowest BCUT2D eigenvalue weighted by Crippen LogP contribution is -2.43. The molecule has 0 saturated carbocycles. The van der Waals surface area contributed by atoms with Crippen molar-refractivity contribution in [3.8, 4) is 0 Å². The summed E-state index contributed by atoms with van der Waals surface area (Å²) in [6.45, 7) is 7.44. The Kier molecular flexibility index (Phi) is 8.30. The summed E-state index contributed by atoms with van der Waals surface area (Å²) in [6.07, 6.45) is 5.19. The average Bonchev–Trinajstić information content (AvgIpc) is 2.76. The quantitative estimate of drug-likeness (QED) is 0.719. The molecule has 5 heteroatoms. The minimum atomic E-state index is 0.206. The van der Waals surface area contributed by atoms with Gasteiger partial charge in [0, 0.05) is 26.6 Å². The second-order valence-corrected chi connectivity index (χ2v) is 5.89. The van der Waals surface area contributed by atoms with Crippen LogP contribution in [0.1, 0.15) is 51.4 Å². The van der Waals surface area contributed by atoms with Gasteiger partial charge >= 0.3 is 0 Å². The second-order valence-electron chi connectivity index (χ2n) is 5.51. The predicted octanol–water partition coefficient (Wildman–Crippen LogP) is 3.36. The molecule has 0 fully saturated rings. The zero-order valence-electron chi connectivity index (χ0n) is 14.1. The van der Waals surface area contributed by atoms with Crippen molar-refractivity contribution in [1.29, 1.82) is 0 Å². The van der Waals surface area contributed by atoms with Crippen molar-refractivity contribution >= 4 is 11.6 Å². The Balaban J connectivity index is 2.91. The average molecular weight is 316 g/mol. The van der Waals surface area contributed by atoms with Gasteiger partial charge in [0.2, 0.25) is 0 Å². The van der Waals surface area contributed by atoms with Crippen molar-refractivity contribution in [2.75, 3.05) is 13.7 Å². The minimum Gasteiger partial charge on any atom is -0.380 e. The van der Waals surface area contributed by atoms with Crippen LogP contribution in [0.15, 0.2) is 0 Å². The molecule has 0 amide bonds. The maximum absolute atomic E-state index is 6.48. The number of aryl methyl sites for hydroxylation is 2. The van der Waals surface area contributed by atoms with E-state index in [0.29, 0.717) is 0 Å². The highest BCUT2D eigenvalue weighted by atomic mass is 35.5. The molecule has 0 aromatic carbocycles. The van der Waals surface area contributed by atoms with Crippen molar-refractivity contribution in [3.05, 3.63) is 16.4 Å². The third-order valence-electron chi connectivity index (χ3n) is 3.90. The highest BCUT2D eigenvalue weighted by molar-refractivity contribution is 6.31. The highest BCUT2D eigenvalue weighted by Crippen LogP contribution is 2.23. The molecule has 2 atom stereocenters. The van der Waals surface area contributed by atoms with E-state index in [1.165, 1.54) is 0 Å². The molecule has 1 aromatic rings. The molecule has 0 aliphatic rings. The molecule has 1 heterocycles. The van der Waals surface area contributed by atoms with Crippen LogP contribution < -0.4 is 5.32 Å². The molecule has 0 radical (unpaired) electrons. The number of hydrogen-bond donors (Lipinski definition) is 1. The first kappa shape index (κ1) is 18.5. The zero-order chi connectivity index (χ0) is 15.8. The van der Waals surface area contributed by atoms with Gasteiger partial charge in [0.15, 0.2) is 0 Å². The molecule has 0 bridgehead atoms. The lowest BCUT2D eigenvalue weighted by atomic mass is 10.0. The van der Waals surface area contributed by atoms with E-state index in [2.05, 4.69) is 31.2 Å². The summed E-state index contributed by atoms with van der Waals surface area (Å²) >= 11 is 6.48. The fourth-order valence-corrected chi connectivity index (χ4v) is 3.05. The van der Waals surface area contributed by atoms with Crippen molar-refractivity contribution in [2.24, 2.45) is 7.05 Å². The SMILES string of the molecule is CCCNC(Cc1c(Cl)c(CC)nn1C)C(CCC)OC. The lowest BCUT2D eigenvalue weighted by molar-refractivity contribution is 0.0603. The van der Waals surface area contributed by atoms with E-state index in [9.17, 15) is 0 Å². The van der Waals surface area contributed by atoms with Gasteiger partial charge in [0.05, 0.1) is 22.5 Å². The standard InChI is InChI=1S/C16H30ClN3O/c1-6-9-15(21-5)13(18-10-7-2)11-14-16(17)12(8-3)19-20(14)4/h13,15,18H,6-11H2,1-5H3. The monoisotopic (exact) mass is 315 g/mol. The summed E-state index contributed by atoms with van der Waals surface area (Å²) in [4.78, 5) is 0. The van der Waals surface area contributed by atoms with E-state index < -0.39 is 0 Å². The molecule has 1 N–H and O–H groups in total. The van der Waals surface area contributed by atoms with Crippen LogP contribution in [-0.2, 0) is 24.6 Å². The fraction of sp³-hybridized carbons (Fsp3) is 0.812. The normalized spacial score (nSPS) is 14.4. The number of nitrogens with zero attached hydrogens (tertiary/aromatic N) is 2. The van der Waals surface area contributed by atoms with Crippen LogP contribution in [0, 0.1) is 0 Å². The van der Waals surface area contributed by atoms with E-state index in [-0.39, 0.29) is 12.1 Å². The fourth-order valence-electron chi connectivity index (χ4n) is 2.68.